The maximum absolute atomic E-state index is 10.1. The van der Waals surface area contributed by atoms with Gasteiger partial charge in [0.2, 0.25) is 0 Å². The molecule has 0 aromatic carbocycles. The van der Waals surface area contributed by atoms with Gasteiger partial charge < -0.3 is 4.29 Å². The Bertz CT molecular complexity index is 102. The molecule has 0 radical (unpaired) electrons. The standard InChI is InChI=1S/C4H5ClO2.Cr/c1-3(2)4(6)7-5;/h1H2,2H3;. The molecule has 0 atom stereocenters. The maximum atomic E-state index is 10.1. The topological polar surface area (TPSA) is 26.3 Å². The normalized spacial score (nSPS) is 6.75. The van der Waals surface area contributed by atoms with Gasteiger partial charge in [-0.3, -0.25) is 0 Å². The van der Waals surface area contributed by atoms with Gasteiger partial charge >= 0.3 is 5.97 Å². The molecule has 0 N–H and O–H groups in total. The molecule has 0 aliphatic heterocycles. The summed E-state index contributed by atoms with van der Waals surface area (Å²) in [6, 6.07) is 0. The van der Waals surface area contributed by atoms with Crippen LogP contribution in [0.1, 0.15) is 6.92 Å². The third kappa shape index (κ3) is 4.20. The van der Waals surface area contributed by atoms with E-state index < -0.39 is 5.97 Å². The van der Waals surface area contributed by atoms with Crippen LogP contribution in [-0.2, 0) is 26.4 Å². The van der Waals surface area contributed by atoms with Crippen LogP contribution in [0.2, 0.25) is 0 Å². The maximum Gasteiger partial charge on any atom is 0.351 e. The number of carbonyl (C=O) groups is 1. The first-order chi connectivity index (χ1) is 3.18. The zero-order valence-electron chi connectivity index (χ0n) is 4.31. The molecule has 0 aliphatic rings. The Hall–Kier alpha value is 0.0325. The molecule has 0 aromatic rings. The first kappa shape index (κ1) is 10.9. The van der Waals surface area contributed by atoms with E-state index >= 15 is 0 Å². The van der Waals surface area contributed by atoms with Gasteiger partial charge in [-0.25, -0.2) is 4.79 Å². The van der Waals surface area contributed by atoms with Gasteiger partial charge in [-0.1, -0.05) is 6.58 Å². The van der Waals surface area contributed by atoms with Crippen molar-refractivity contribution < 1.29 is 26.4 Å². The van der Waals surface area contributed by atoms with Gasteiger partial charge in [0.25, 0.3) is 0 Å². The van der Waals surface area contributed by atoms with Crippen molar-refractivity contribution >= 4 is 17.8 Å². The van der Waals surface area contributed by atoms with E-state index in [1.54, 1.807) is 0 Å². The third-order valence-corrected chi connectivity index (χ3v) is 0.559. The zero-order chi connectivity index (χ0) is 5.86. The van der Waals surface area contributed by atoms with E-state index in [4.69, 9.17) is 0 Å². The average Bonchev–Trinajstić information content (AvgIpc) is 1.65. The molecule has 0 bridgehead atoms. The van der Waals surface area contributed by atoms with Crippen molar-refractivity contribution in [3.63, 3.8) is 0 Å². The van der Waals surface area contributed by atoms with Gasteiger partial charge in [-0.2, -0.15) is 0 Å². The Balaban J connectivity index is 0. The predicted molar refractivity (Wildman–Crippen MR) is 26.8 cm³/mol. The van der Waals surface area contributed by atoms with E-state index in [-0.39, 0.29) is 17.4 Å². The Kier molecular flexibility index (Phi) is 7.06. The first-order valence-electron chi connectivity index (χ1n) is 1.67. The van der Waals surface area contributed by atoms with Crippen molar-refractivity contribution in [2.24, 2.45) is 0 Å². The van der Waals surface area contributed by atoms with Crippen LogP contribution in [0.5, 0.6) is 0 Å². The summed E-state index contributed by atoms with van der Waals surface area (Å²) in [5.74, 6) is -0.582. The average molecular weight is 173 g/mol. The second-order valence-electron chi connectivity index (χ2n) is 1.14. The van der Waals surface area contributed by atoms with E-state index in [0.29, 0.717) is 5.57 Å². The molecule has 2 nitrogen and oxygen atoms in total. The summed E-state index contributed by atoms with van der Waals surface area (Å²) in [6.45, 7) is 4.79. The van der Waals surface area contributed by atoms with Crippen LogP contribution in [-0.4, -0.2) is 5.97 Å². The third-order valence-electron chi connectivity index (χ3n) is 0.419. The summed E-state index contributed by atoms with van der Waals surface area (Å²) in [5.41, 5.74) is 0.301. The fraction of sp³-hybridized carbons (Fsp3) is 0.250. The van der Waals surface area contributed by atoms with Crippen LogP contribution >= 0.6 is 11.9 Å². The Morgan fingerprint density at radius 2 is 2.12 bits per heavy atom. The van der Waals surface area contributed by atoms with Gasteiger partial charge in [0.1, 0.15) is 11.9 Å². The van der Waals surface area contributed by atoms with Crippen LogP contribution in [0.15, 0.2) is 12.2 Å². The molecule has 0 heterocycles. The summed E-state index contributed by atoms with van der Waals surface area (Å²) < 4.78 is 3.75. The molecule has 8 heavy (non-hydrogen) atoms. The summed E-state index contributed by atoms with van der Waals surface area (Å²) in [6.07, 6.45) is 0. The molecule has 0 unspecified atom stereocenters. The number of rotatable bonds is 1. The van der Waals surface area contributed by atoms with Crippen molar-refractivity contribution in [2.75, 3.05) is 0 Å². The molecular weight excluding hydrogens is 167 g/mol. The zero-order valence-corrected chi connectivity index (χ0v) is 6.34. The smallest absolute Gasteiger partial charge is 0.343 e. The largest absolute Gasteiger partial charge is 0.351 e. The van der Waals surface area contributed by atoms with Gasteiger partial charge in [0, 0.05) is 22.9 Å². The van der Waals surface area contributed by atoms with Gasteiger partial charge in [0.15, 0.2) is 0 Å². The van der Waals surface area contributed by atoms with Gasteiger partial charge in [-0.15, -0.1) is 0 Å². The number of hydrogen-bond acceptors (Lipinski definition) is 2. The van der Waals surface area contributed by atoms with Crippen molar-refractivity contribution in [1.82, 2.24) is 0 Å². The van der Waals surface area contributed by atoms with Crippen molar-refractivity contribution in [2.45, 2.75) is 6.92 Å². The minimum atomic E-state index is -0.582. The summed E-state index contributed by atoms with van der Waals surface area (Å²) >= 11 is 4.64. The number of hydrogen-bond donors (Lipinski definition) is 0. The van der Waals surface area contributed by atoms with Gasteiger partial charge in [0.05, 0.1) is 0 Å². The molecule has 0 spiro atoms. The Morgan fingerprint density at radius 3 is 2.12 bits per heavy atom. The SMILES string of the molecule is C=C(C)C(=O)OCl.[Cr]. The first-order valence-corrected chi connectivity index (χ1v) is 1.97. The molecule has 0 rings (SSSR count). The van der Waals surface area contributed by atoms with Crippen LogP contribution in [0, 0.1) is 0 Å². The summed E-state index contributed by atoms with van der Waals surface area (Å²) in [4.78, 5) is 10.1. The van der Waals surface area contributed by atoms with E-state index in [0.717, 1.165) is 0 Å². The second-order valence-corrected chi connectivity index (χ2v) is 1.30. The number of carbonyl (C=O) groups excluding carboxylic acids is 1. The summed E-state index contributed by atoms with van der Waals surface area (Å²) in [7, 11) is 0. The van der Waals surface area contributed by atoms with Crippen molar-refractivity contribution in [3.8, 4) is 0 Å². The van der Waals surface area contributed by atoms with Crippen LogP contribution < -0.4 is 0 Å². The molecule has 0 saturated heterocycles. The monoisotopic (exact) mass is 172 g/mol. The fourth-order valence-electron chi connectivity index (χ4n) is 0.0659. The molecule has 0 aromatic heterocycles. The Morgan fingerprint density at radius 1 is 1.75 bits per heavy atom. The van der Waals surface area contributed by atoms with E-state index in [1.165, 1.54) is 6.92 Å². The fourth-order valence-corrected chi connectivity index (χ4v) is 0.198. The van der Waals surface area contributed by atoms with Crippen molar-refractivity contribution in [1.29, 1.82) is 0 Å². The predicted octanol–water partition coefficient (Wildman–Crippen LogP) is 1.26. The van der Waals surface area contributed by atoms with E-state index in [9.17, 15) is 4.79 Å². The minimum absolute atomic E-state index is 0. The molecule has 46 valence electrons. The Labute approximate surface area is 63.8 Å². The van der Waals surface area contributed by atoms with Crippen LogP contribution in [0.4, 0.5) is 0 Å². The molecule has 0 fully saturated rings. The minimum Gasteiger partial charge on any atom is -0.343 e. The van der Waals surface area contributed by atoms with E-state index in [1.807, 2.05) is 0 Å². The van der Waals surface area contributed by atoms with Crippen LogP contribution in [0.25, 0.3) is 0 Å². The second kappa shape index (κ2) is 5.17. The molecule has 0 aliphatic carbocycles. The van der Waals surface area contributed by atoms with Gasteiger partial charge in [-0.05, 0) is 6.92 Å². The van der Waals surface area contributed by atoms with E-state index in [2.05, 4.69) is 22.7 Å². The summed E-state index contributed by atoms with van der Waals surface area (Å²) in [5, 5.41) is 0. The molecular formula is C4H5ClCrO2. The molecule has 0 saturated carbocycles. The van der Waals surface area contributed by atoms with Crippen LogP contribution in [0.3, 0.4) is 0 Å². The quantitative estimate of drug-likeness (QED) is 0.557. The molecule has 4 heteroatoms. The van der Waals surface area contributed by atoms with Crippen molar-refractivity contribution in [3.05, 3.63) is 12.2 Å². The number of halogens is 1. The molecule has 0 amide bonds.